The largest absolute Gasteiger partial charge is 0.369 e. The molecule has 1 aromatic carbocycles. The maximum atomic E-state index is 11.7. The fourth-order valence-corrected chi connectivity index (χ4v) is 3.08. The summed E-state index contributed by atoms with van der Waals surface area (Å²) in [5.74, 6) is 0.0238. The number of ether oxygens (including phenoxy) is 2. The second kappa shape index (κ2) is 6.13. The van der Waals surface area contributed by atoms with Gasteiger partial charge in [0, 0.05) is 26.7 Å². The van der Waals surface area contributed by atoms with Crippen LogP contribution in [-0.4, -0.2) is 67.8 Å². The molecule has 2 aliphatic heterocycles. The molecule has 0 N–H and O–H groups in total. The van der Waals surface area contributed by atoms with Gasteiger partial charge in [0.2, 0.25) is 5.91 Å². The number of hydrogen-bond acceptors (Lipinski definition) is 4. The number of rotatable bonds is 2. The van der Waals surface area contributed by atoms with Gasteiger partial charge in [-0.05, 0) is 5.56 Å². The Morgan fingerprint density at radius 1 is 1.24 bits per heavy atom. The normalized spacial score (nSPS) is 27.9. The Bertz CT molecular complexity index is 494. The highest BCUT2D eigenvalue weighted by molar-refractivity contribution is 5.77. The molecule has 1 amide bonds. The Hall–Kier alpha value is -1.43. The van der Waals surface area contributed by atoms with E-state index >= 15 is 0 Å². The Labute approximate surface area is 125 Å². The molecule has 0 aromatic heterocycles. The fourth-order valence-electron chi connectivity index (χ4n) is 3.08. The summed E-state index contributed by atoms with van der Waals surface area (Å²) in [6, 6.07) is 10.4. The lowest BCUT2D eigenvalue weighted by Crippen LogP contribution is -2.58. The van der Waals surface area contributed by atoms with Crippen molar-refractivity contribution in [2.75, 3.05) is 46.5 Å². The van der Waals surface area contributed by atoms with E-state index in [9.17, 15) is 4.79 Å². The predicted octanol–water partition coefficient (Wildman–Crippen LogP) is 0.746. The molecule has 2 heterocycles. The van der Waals surface area contributed by atoms with Gasteiger partial charge in [0.15, 0.2) is 0 Å². The zero-order valence-corrected chi connectivity index (χ0v) is 12.5. The minimum absolute atomic E-state index is 0.0238. The van der Waals surface area contributed by atoms with Crippen molar-refractivity contribution in [3.8, 4) is 0 Å². The molecule has 1 aromatic rings. The van der Waals surface area contributed by atoms with E-state index in [0.717, 1.165) is 19.6 Å². The van der Waals surface area contributed by atoms with E-state index in [1.54, 1.807) is 4.90 Å². The molecule has 0 radical (unpaired) electrons. The van der Waals surface area contributed by atoms with Crippen molar-refractivity contribution in [1.29, 1.82) is 0 Å². The minimum Gasteiger partial charge on any atom is -0.369 e. The number of nitrogens with zero attached hydrogens (tertiary/aromatic N) is 2. The number of benzene rings is 1. The van der Waals surface area contributed by atoms with E-state index in [0.29, 0.717) is 19.8 Å². The third-order valence-electron chi connectivity index (χ3n) is 4.12. The number of carbonyl (C=O) groups excluding carboxylic acids is 1. The average molecular weight is 290 g/mol. The lowest BCUT2D eigenvalue weighted by atomic mass is 10.0. The first-order chi connectivity index (χ1) is 10.2. The zero-order chi connectivity index (χ0) is 14.7. The standard InChI is InChI=1S/C16H22N2O3/c1-17-11-16(13-20-10-15(17)19)12-18(7-8-21-16)9-14-5-3-2-4-6-14/h2-6H,7-13H2,1H3. The first-order valence-corrected chi connectivity index (χ1v) is 7.39. The Morgan fingerprint density at radius 2 is 2.05 bits per heavy atom. The summed E-state index contributed by atoms with van der Waals surface area (Å²) in [4.78, 5) is 15.8. The third kappa shape index (κ3) is 3.43. The molecule has 1 atom stereocenters. The van der Waals surface area contributed by atoms with E-state index < -0.39 is 5.60 Å². The van der Waals surface area contributed by atoms with Gasteiger partial charge in [-0.2, -0.15) is 0 Å². The van der Waals surface area contributed by atoms with E-state index in [2.05, 4.69) is 29.2 Å². The van der Waals surface area contributed by atoms with Crippen LogP contribution < -0.4 is 0 Å². The van der Waals surface area contributed by atoms with Crippen molar-refractivity contribution >= 4 is 5.91 Å². The number of amides is 1. The summed E-state index contributed by atoms with van der Waals surface area (Å²) in [6.07, 6.45) is 0. The highest BCUT2D eigenvalue weighted by Crippen LogP contribution is 2.23. The Kier molecular flexibility index (Phi) is 4.24. The fraction of sp³-hybridized carbons (Fsp3) is 0.562. The monoisotopic (exact) mass is 290 g/mol. The second-order valence-electron chi connectivity index (χ2n) is 5.97. The molecule has 0 saturated carbocycles. The summed E-state index contributed by atoms with van der Waals surface area (Å²) in [5.41, 5.74) is 0.905. The minimum atomic E-state index is -0.395. The molecule has 5 heteroatoms. The van der Waals surface area contributed by atoms with Crippen molar-refractivity contribution in [2.24, 2.45) is 0 Å². The van der Waals surface area contributed by atoms with Crippen LogP contribution in [0.1, 0.15) is 5.56 Å². The smallest absolute Gasteiger partial charge is 0.248 e. The van der Waals surface area contributed by atoms with Gasteiger partial charge in [0.05, 0.1) is 19.8 Å². The van der Waals surface area contributed by atoms with Crippen molar-refractivity contribution < 1.29 is 14.3 Å². The molecular weight excluding hydrogens is 268 g/mol. The molecule has 3 rings (SSSR count). The number of morpholine rings is 1. The van der Waals surface area contributed by atoms with Crippen molar-refractivity contribution in [3.05, 3.63) is 35.9 Å². The summed E-state index contributed by atoms with van der Waals surface area (Å²) < 4.78 is 11.5. The molecular formula is C16H22N2O3. The highest BCUT2D eigenvalue weighted by atomic mass is 16.5. The van der Waals surface area contributed by atoms with Crippen molar-refractivity contribution in [1.82, 2.24) is 9.80 Å². The molecule has 0 bridgehead atoms. The van der Waals surface area contributed by atoms with Gasteiger partial charge in [0.25, 0.3) is 0 Å². The molecule has 21 heavy (non-hydrogen) atoms. The Morgan fingerprint density at radius 3 is 2.86 bits per heavy atom. The molecule has 2 fully saturated rings. The molecule has 1 spiro atoms. The van der Waals surface area contributed by atoms with Crippen LogP contribution in [-0.2, 0) is 20.8 Å². The SMILES string of the molecule is CN1CC2(COCC1=O)CN(Cc1ccccc1)CCO2. The Balaban J connectivity index is 1.68. The van der Waals surface area contributed by atoms with Crippen LogP contribution in [0.5, 0.6) is 0 Å². The lowest BCUT2D eigenvalue weighted by molar-refractivity contribution is -0.143. The van der Waals surface area contributed by atoms with Crippen LogP contribution in [0.3, 0.4) is 0 Å². The molecule has 2 aliphatic rings. The quantitative estimate of drug-likeness (QED) is 0.806. The van der Waals surface area contributed by atoms with E-state index in [-0.39, 0.29) is 12.5 Å². The molecule has 114 valence electrons. The summed E-state index contributed by atoms with van der Waals surface area (Å²) >= 11 is 0. The van der Waals surface area contributed by atoms with Gasteiger partial charge in [-0.1, -0.05) is 30.3 Å². The molecule has 1 unspecified atom stereocenters. The van der Waals surface area contributed by atoms with Crippen molar-refractivity contribution in [2.45, 2.75) is 12.1 Å². The summed E-state index contributed by atoms with van der Waals surface area (Å²) in [6.45, 7) is 4.52. The maximum absolute atomic E-state index is 11.7. The predicted molar refractivity (Wildman–Crippen MR) is 78.9 cm³/mol. The average Bonchev–Trinajstić information content (AvgIpc) is 2.60. The van der Waals surface area contributed by atoms with Gasteiger partial charge in [0.1, 0.15) is 12.2 Å². The van der Waals surface area contributed by atoms with E-state index in [1.165, 1.54) is 5.56 Å². The first-order valence-electron chi connectivity index (χ1n) is 7.39. The van der Waals surface area contributed by atoms with E-state index in [4.69, 9.17) is 9.47 Å². The zero-order valence-electron chi connectivity index (χ0n) is 12.5. The summed E-state index contributed by atoms with van der Waals surface area (Å²) in [5, 5.41) is 0. The van der Waals surface area contributed by atoms with Crippen molar-refractivity contribution in [3.63, 3.8) is 0 Å². The third-order valence-corrected chi connectivity index (χ3v) is 4.12. The van der Waals surface area contributed by atoms with Crippen LogP contribution in [0, 0.1) is 0 Å². The van der Waals surface area contributed by atoms with Gasteiger partial charge >= 0.3 is 0 Å². The van der Waals surface area contributed by atoms with Gasteiger partial charge in [-0.15, -0.1) is 0 Å². The summed E-state index contributed by atoms with van der Waals surface area (Å²) in [7, 11) is 1.82. The number of carbonyl (C=O) groups is 1. The second-order valence-corrected chi connectivity index (χ2v) is 5.97. The van der Waals surface area contributed by atoms with Gasteiger partial charge in [-0.25, -0.2) is 0 Å². The number of likely N-dealkylation sites (N-methyl/N-ethyl adjacent to an activating group) is 1. The van der Waals surface area contributed by atoms with Gasteiger partial charge < -0.3 is 14.4 Å². The molecule has 5 nitrogen and oxygen atoms in total. The van der Waals surface area contributed by atoms with Gasteiger partial charge in [-0.3, -0.25) is 9.69 Å². The van der Waals surface area contributed by atoms with Crippen LogP contribution >= 0.6 is 0 Å². The maximum Gasteiger partial charge on any atom is 0.248 e. The highest BCUT2D eigenvalue weighted by Gasteiger charge is 2.41. The topological polar surface area (TPSA) is 42.0 Å². The molecule has 0 aliphatic carbocycles. The lowest BCUT2D eigenvalue weighted by Gasteiger charge is -2.42. The first kappa shape index (κ1) is 14.5. The van der Waals surface area contributed by atoms with E-state index in [1.807, 2.05) is 13.1 Å². The van der Waals surface area contributed by atoms with Crippen LogP contribution in [0.15, 0.2) is 30.3 Å². The number of hydrogen-bond donors (Lipinski definition) is 0. The van der Waals surface area contributed by atoms with Crippen LogP contribution in [0.25, 0.3) is 0 Å². The van der Waals surface area contributed by atoms with Crippen LogP contribution in [0.4, 0.5) is 0 Å². The van der Waals surface area contributed by atoms with Crippen LogP contribution in [0.2, 0.25) is 0 Å². The molecule has 2 saturated heterocycles.